The molecule has 0 saturated carbocycles. The van der Waals surface area contributed by atoms with E-state index in [0.29, 0.717) is 31.0 Å². The van der Waals surface area contributed by atoms with E-state index < -0.39 is 0 Å². The lowest BCUT2D eigenvalue weighted by Gasteiger charge is -2.04. The van der Waals surface area contributed by atoms with Crippen molar-refractivity contribution in [1.82, 2.24) is 25.6 Å². The molecule has 0 aliphatic rings. The summed E-state index contributed by atoms with van der Waals surface area (Å²) < 4.78 is 6.77. The average Bonchev–Trinajstić information content (AvgIpc) is 3.31. The molecule has 8 nitrogen and oxygen atoms in total. The number of carbonyl (C=O) groups is 2. The van der Waals surface area contributed by atoms with Crippen LogP contribution in [-0.4, -0.2) is 39.8 Å². The first-order chi connectivity index (χ1) is 12.6. The maximum Gasteiger partial charge on any atom is 0.273 e. The van der Waals surface area contributed by atoms with E-state index in [-0.39, 0.29) is 17.5 Å². The summed E-state index contributed by atoms with van der Waals surface area (Å²) in [5.74, 6) is -0.00807. The predicted molar refractivity (Wildman–Crippen MR) is 94.4 cm³/mol. The molecule has 2 heterocycles. The molecule has 0 fully saturated rings. The molecule has 2 N–H and O–H groups in total. The molecular weight excluding hydrogens is 334 g/mol. The van der Waals surface area contributed by atoms with E-state index in [0.717, 1.165) is 5.56 Å². The number of benzene rings is 1. The SMILES string of the molecule is Cn1ccc(C(=O)NCCCNC(=O)c2cc(-c3ccccc3)on2)n1. The molecule has 2 amide bonds. The molecule has 0 unspecified atom stereocenters. The summed E-state index contributed by atoms with van der Waals surface area (Å²) in [6, 6.07) is 12.7. The number of aryl methyl sites for hydroxylation is 1. The fraction of sp³-hybridized carbons (Fsp3) is 0.222. The smallest absolute Gasteiger partial charge is 0.273 e. The molecule has 8 heteroatoms. The van der Waals surface area contributed by atoms with Gasteiger partial charge in [-0.15, -0.1) is 0 Å². The van der Waals surface area contributed by atoms with Crippen LogP contribution >= 0.6 is 0 Å². The van der Waals surface area contributed by atoms with Gasteiger partial charge in [0.05, 0.1) is 0 Å². The Morgan fingerprint density at radius 1 is 1.04 bits per heavy atom. The lowest BCUT2D eigenvalue weighted by molar-refractivity contribution is 0.0943. The highest BCUT2D eigenvalue weighted by atomic mass is 16.5. The van der Waals surface area contributed by atoms with Crippen LogP contribution in [0.15, 0.2) is 53.2 Å². The monoisotopic (exact) mass is 353 g/mol. The molecular formula is C18H19N5O3. The molecule has 0 bridgehead atoms. The first-order valence-corrected chi connectivity index (χ1v) is 8.21. The number of rotatable bonds is 7. The highest BCUT2D eigenvalue weighted by Crippen LogP contribution is 2.19. The van der Waals surface area contributed by atoms with Crippen molar-refractivity contribution < 1.29 is 14.1 Å². The highest BCUT2D eigenvalue weighted by molar-refractivity contribution is 5.93. The fourth-order valence-electron chi connectivity index (χ4n) is 2.33. The molecule has 3 aromatic rings. The Morgan fingerprint density at radius 3 is 2.38 bits per heavy atom. The number of carbonyl (C=O) groups excluding carboxylic acids is 2. The van der Waals surface area contributed by atoms with Gasteiger partial charge in [-0.1, -0.05) is 35.5 Å². The van der Waals surface area contributed by atoms with E-state index in [1.54, 1.807) is 30.1 Å². The minimum atomic E-state index is -0.313. The average molecular weight is 353 g/mol. The zero-order valence-electron chi connectivity index (χ0n) is 14.3. The second-order valence-corrected chi connectivity index (χ2v) is 5.68. The van der Waals surface area contributed by atoms with Crippen LogP contribution in [0.1, 0.15) is 27.4 Å². The number of hydrogen-bond acceptors (Lipinski definition) is 5. The van der Waals surface area contributed by atoms with Gasteiger partial charge in [-0.25, -0.2) is 0 Å². The summed E-state index contributed by atoms with van der Waals surface area (Å²) >= 11 is 0. The van der Waals surface area contributed by atoms with Crippen molar-refractivity contribution in [2.75, 3.05) is 13.1 Å². The number of amides is 2. The molecule has 26 heavy (non-hydrogen) atoms. The Morgan fingerprint density at radius 2 is 1.73 bits per heavy atom. The Kier molecular flexibility index (Phi) is 5.43. The molecule has 0 atom stereocenters. The Balaban J connectivity index is 1.40. The maximum atomic E-state index is 12.1. The number of hydrogen-bond donors (Lipinski definition) is 2. The van der Waals surface area contributed by atoms with Gasteiger partial charge in [0.25, 0.3) is 11.8 Å². The van der Waals surface area contributed by atoms with E-state index in [1.165, 1.54) is 0 Å². The van der Waals surface area contributed by atoms with Crippen LogP contribution in [0.3, 0.4) is 0 Å². The molecule has 0 aliphatic carbocycles. The second kappa shape index (κ2) is 8.11. The standard InChI is InChI=1S/C18H19N5O3/c1-23-11-8-14(21-23)17(24)19-9-5-10-20-18(25)15-12-16(26-22-15)13-6-3-2-4-7-13/h2-4,6-8,11-12H,5,9-10H2,1H3,(H,19,24)(H,20,25). The van der Waals surface area contributed by atoms with Crippen LogP contribution < -0.4 is 10.6 Å². The molecule has 0 spiro atoms. The first kappa shape index (κ1) is 17.4. The highest BCUT2D eigenvalue weighted by Gasteiger charge is 2.13. The quantitative estimate of drug-likeness (QED) is 0.629. The molecule has 1 aromatic carbocycles. The summed E-state index contributed by atoms with van der Waals surface area (Å²) in [5, 5.41) is 13.3. The van der Waals surface area contributed by atoms with Crippen LogP contribution in [0.25, 0.3) is 11.3 Å². The molecule has 0 aliphatic heterocycles. The predicted octanol–water partition coefficient (Wildman–Crippen LogP) is 1.62. The van der Waals surface area contributed by atoms with Crippen LogP contribution in [0.2, 0.25) is 0 Å². The van der Waals surface area contributed by atoms with Crippen molar-refractivity contribution in [3.63, 3.8) is 0 Å². The maximum absolute atomic E-state index is 12.1. The number of nitrogens with zero attached hydrogens (tertiary/aromatic N) is 3. The van der Waals surface area contributed by atoms with Gasteiger partial charge in [0, 0.05) is 38.0 Å². The van der Waals surface area contributed by atoms with Gasteiger partial charge in [-0.2, -0.15) is 5.10 Å². The molecule has 0 saturated heterocycles. The summed E-state index contributed by atoms with van der Waals surface area (Å²) in [5.41, 5.74) is 1.45. The Hall–Kier alpha value is -3.42. The first-order valence-electron chi connectivity index (χ1n) is 8.21. The fourth-order valence-corrected chi connectivity index (χ4v) is 2.33. The zero-order valence-corrected chi connectivity index (χ0v) is 14.3. The van der Waals surface area contributed by atoms with Gasteiger partial charge in [-0.3, -0.25) is 14.3 Å². The summed E-state index contributed by atoms with van der Waals surface area (Å²) in [6.07, 6.45) is 2.30. The minimum absolute atomic E-state index is 0.223. The van der Waals surface area contributed by atoms with Crippen LogP contribution in [0, 0.1) is 0 Å². The van der Waals surface area contributed by atoms with E-state index >= 15 is 0 Å². The minimum Gasteiger partial charge on any atom is -0.355 e. The Labute approximate surface area is 150 Å². The molecule has 0 radical (unpaired) electrons. The van der Waals surface area contributed by atoms with E-state index in [1.807, 2.05) is 30.3 Å². The van der Waals surface area contributed by atoms with Crippen molar-refractivity contribution in [2.45, 2.75) is 6.42 Å². The van der Waals surface area contributed by atoms with E-state index in [2.05, 4.69) is 20.9 Å². The lowest BCUT2D eigenvalue weighted by atomic mass is 10.1. The summed E-state index contributed by atoms with van der Waals surface area (Å²) in [7, 11) is 1.75. The lowest BCUT2D eigenvalue weighted by Crippen LogP contribution is -2.30. The van der Waals surface area contributed by atoms with Crippen molar-refractivity contribution in [2.24, 2.45) is 7.05 Å². The molecule has 3 rings (SSSR count). The van der Waals surface area contributed by atoms with Gasteiger partial charge in [0.1, 0.15) is 5.69 Å². The van der Waals surface area contributed by atoms with Gasteiger partial charge < -0.3 is 15.2 Å². The normalized spacial score (nSPS) is 10.5. The Bertz CT molecular complexity index is 885. The second-order valence-electron chi connectivity index (χ2n) is 5.68. The van der Waals surface area contributed by atoms with Crippen LogP contribution in [0.4, 0.5) is 0 Å². The van der Waals surface area contributed by atoms with Crippen molar-refractivity contribution in [1.29, 1.82) is 0 Å². The van der Waals surface area contributed by atoms with Crippen LogP contribution in [-0.2, 0) is 7.05 Å². The third-order valence-electron chi connectivity index (χ3n) is 3.67. The number of nitrogens with one attached hydrogen (secondary N) is 2. The van der Waals surface area contributed by atoms with Gasteiger partial charge in [0.15, 0.2) is 11.5 Å². The largest absolute Gasteiger partial charge is 0.355 e. The van der Waals surface area contributed by atoms with E-state index in [4.69, 9.17) is 4.52 Å². The third-order valence-corrected chi connectivity index (χ3v) is 3.67. The van der Waals surface area contributed by atoms with Crippen molar-refractivity contribution in [3.05, 3.63) is 60.0 Å². The third kappa shape index (κ3) is 4.35. The van der Waals surface area contributed by atoms with Crippen molar-refractivity contribution in [3.8, 4) is 11.3 Å². The van der Waals surface area contributed by atoms with Gasteiger partial charge in [-0.05, 0) is 12.5 Å². The van der Waals surface area contributed by atoms with Crippen LogP contribution in [0.5, 0.6) is 0 Å². The molecule has 2 aromatic heterocycles. The van der Waals surface area contributed by atoms with Gasteiger partial charge >= 0.3 is 0 Å². The number of aromatic nitrogens is 3. The summed E-state index contributed by atoms with van der Waals surface area (Å²) in [4.78, 5) is 23.9. The summed E-state index contributed by atoms with van der Waals surface area (Å²) in [6.45, 7) is 0.846. The van der Waals surface area contributed by atoms with Gasteiger partial charge in [0.2, 0.25) is 0 Å². The molecule has 134 valence electrons. The van der Waals surface area contributed by atoms with Crippen molar-refractivity contribution >= 4 is 11.8 Å². The topological polar surface area (TPSA) is 102 Å². The zero-order chi connectivity index (χ0) is 18.4. The van der Waals surface area contributed by atoms with E-state index in [9.17, 15) is 9.59 Å².